The molecule has 0 aliphatic heterocycles. The number of hydrogen-bond acceptors (Lipinski definition) is 3. The molecule has 4 heteroatoms. The predicted octanol–water partition coefficient (Wildman–Crippen LogP) is 3.44. The Hall–Kier alpha value is -1.06. The number of thioether (sulfide) groups is 1. The molecule has 0 radical (unpaired) electrons. The van der Waals surface area contributed by atoms with Crippen molar-refractivity contribution in [1.29, 1.82) is 0 Å². The molecule has 0 saturated carbocycles. The highest BCUT2D eigenvalue weighted by molar-refractivity contribution is 7.98. The van der Waals surface area contributed by atoms with E-state index in [-0.39, 0.29) is 0 Å². The summed E-state index contributed by atoms with van der Waals surface area (Å²) in [4.78, 5) is 8.47. The van der Waals surface area contributed by atoms with Crippen LogP contribution in [0.1, 0.15) is 11.1 Å². The van der Waals surface area contributed by atoms with Crippen molar-refractivity contribution in [3.63, 3.8) is 0 Å². The number of rotatable bonds is 3. The third-order valence-corrected chi connectivity index (χ3v) is 3.01. The van der Waals surface area contributed by atoms with E-state index in [9.17, 15) is 0 Å². The summed E-state index contributed by atoms with van der Waals surface area (Å²) in [6.45, 7) is 0. The summed E-state index contributed by atoms with van der Waals surface area (Å²) < 4.78 is 0. The van der Waals surface area contributed by atoms with E-state index < -0.39 is 0 Å². The number of halogens is 1. The van der Waals surface area contributed by atoms with Crippen LogP contribution in [-0.4, -0.2) is 16.2 Å². The molecule has 0 amide bonds. The van der Waals surface area contributed by atoms with Gasteiger partial charge in [-0.15, -0.1) is 0 Å². The van der Waals surface area contributed by atoms with Crippen molar-refractivity contribution < 1.29 is 0 Å². The molecular weight excluding hydrogens is 240 g/mol. The van der Waals surface area contributed by atoms with E-state index in [1.54, 1.807) is 11.8 Å². The van der Waals surface area contributed by atoms with Gasteiger partial charge in [-0.05, 0) is 29.5 Å². The monoisotopic (exact) mass is 250 g/mol. The van der Waals surface area contributed by atoms with Crippen molar-refractivity contribution in [1.82, 2.24) is 9.97 Å². The predicted molar refractivity (Wildman–Crippen MR) is 68.1 cm³/mol. The van der Waals surface area contributed by atoms with Crippen LogP contribution >= 0.6 is 23.4 Å². The van der Waals surface area contributed by atoms with E-state index in [0.29, 0.717) is 0 Å². The zero-order valence-electron chi connectivity index (χ0n) is 8.85. The Bertz CT molecular complexity index is 453. The first-order chi connectivity index (χ1) is 7.78. The van der Waals surface area contributed by atoms with Crippen LogP contribution in [0.15, 0.2) is 41.8 Å². The summed E-state index contributed by atoms with van der Waals surface area (Å²) in [6.07, 6.45) is 6.54. The molecule has 2 aromatic rings. The molecule has 2 rings (SSSR count). The quantitative estimate of drug-likeness (QED) is 0.617. The molecule has 0 atom stereocenters. The maximum Gasteiger partial charge on any atom is 0.187 e. The van der Waals surface area contributed by atoms with Gasteiger partial charge < -0.3 is 0 Å². The molecule has 0 N–H and O–H groups in total. The Morgan fingerprint density at radius 1 is 1.06 bits per heavy atom. The molecule has 16 heavy (non-hydrogen) atoms. The van der Waals surface area contributed by atoms with Gasteiger partial charge in [0.25, 0.3) is 0 Å². The standard InChI is InChI=1S/C12H11ClN2S/c1-16-12-14-7-10(8-15-12)6-9-2-4-11(13)5-3-9/h2-5,7-8H,6H2,1H3. The molecule has 0 fully saturated rings. The van der Waals surface area contributed by atoms with Crippen LogP contribution in [0.25, 0.3) is 0 Å². The number of nitrogens with zero attached hydrogens (tertiary/aromatic N) is 2. The van der Waals surface area contributed by atoms with Crippen LogP contribution in [0.2, 0.25) is 5.02 Å². The van der Waals surface area contributed by atoms with Gasteiger partial charge in [-0.3, -0.25) is 0 Å². The van der Waals surface area contributed by atoms with Gasteiger partial charge in [-0.1, -0.05) is 35.5 Å². The minimum Gasteiger partial charge on any atom is -0.231 e. The zero-order valence-corrected chi connectivity index (χ0v) is 10.4. The van der Waals surface area contributed by atoms with E-state index >= 15 is 0 Å². The Balaban J connectivity index is 2.11. The van der Waals surface area contributed by atoms with E-state index in [1.807, 2.05) is 42.9 Å². The normalized spacial score (nSPS) is 10.4. The Morgan fingerprint density at radius 3 is 2.25 bits per heavy atom. The second-order valence-electron chi connectivity index (χ2n) is 3.38. The Morgan fingerprint density at radius 2 is 1.69 bits per heavy atom. The van der Waals surface area contributed by atoms with Gasteiger partial charge in [0.05, 0.1) is 0 Å². The first-order valence-electron chi connectivity index (χ1n) is 4.87. The van der Waals surface area contributed by atoms with Crippen LogP contribution in [0.3, 0.4) is 0 Å². The lowest BCUT2D eigenvalue weighted by Crippen LogP contribution is -1.92. The van der Waals surface area contributed by atoms with Gasteiger partial charge in [-0.2, -0.15) is 0 Å². The zero-order chi connectivity index (χ0) is 11.4. The highest BCUT2D eigenvalue weighted by atomic mass is 35.5. The fourth-order valence-electron chi connectivity index (χ4n) is 1.38. The topological polar surface area (TPSA) is 25.8 Å². The van der Waals surface area contributed by atoms with Crippen molar-refractivity contribution in [3.8, 4) is 0 Å². The molecule has 0 bridgehead atoms. The van der Waals surface area contributed by atoms with Gasteiger partial charge in [-0.25, -0.2) is 9.97 Å². The van der Waals surface area contributed by atoms with Crippen molar-refractivity contribution >= 4 is 23.4 Å². The third-order valence-electron chi connectivity index (χ3n) is 2.19. The number of benzene rings is 1. The lowest BCUT2D eigenvalue weighted by Gasteiger charge is -2.02. The number of hydrogen-bond donors (Lipinski definition) is 0. The number of aromatic nitrogens is 2. The second kappa shape index (κ2) is 5.32. The fourth-order valence-corrected chi connectivity index (χ4v) is 1.82. The van der Waals surface area contributed by atoms with Crippen LogP contribution in [0.5, 0.6) is 0 Å². The second-order valence-corrected chi connectivity index (χ2v) is 4.59. The fraction of sp³-hybridized carbons (Fsp3) is 0.167. The van der Waals surface area contributed by atoms with Gasteiger partial charge in [0.1, 0.15) is 0 Å². The first kappa shape index (κ1) is 11.4. The van der Waals surface area contributed by atoms with E-state index in [1.165, 1.54) is 5.56 Å². The summed E-state index contributed by atoms with van der Waals surface area (Å²) in [5.41, 5.74) is 2.32. The summed E-state index contributed by atoms with van der Waals surface area (Å²) in [7, 11) is 0. The van der Waals surface area contributed by atoms with Crippen molar-refractivity contribution in [2.24, 2.45) is 0 Å². The average Bonchev–Trinajstić information content (AvgIpc) is 2.33. The molecule has 0 aliphatic rings. The van der Waals surface area contributed by atoms with Crippen LogP contribution in [-0.2, 0) is 6.42 Å². The van der Waals surface area contributed by atoms with Crippen molar-refractivity contribution in [2.75, 3.05) is 6.26 Å². The summed E-state index contributed by atoms with van der Waals surface area (Å²) >= 11 is 7.37. The molecular formula is C12H11ClN2S. The third kappa shape index (κ3) is 2.97. The van der Waals surface area contributed by atoms with Crippen molar-refractivity contribution in [3.05, 3.63) is 52.8 Å². The van der Waals surface area contributed by atoms with E-state index in [4.69, 9.17) is 11.6 Å². The van der Waals surface area contributed by atoms with Crippen molar-refractivity contribution in [2.45, 2.75) is 11.6 Å². The molecule has 0 aliphatic carbocycles. The molecule has 1 heterocycles. The molecule has 1 aromatic heterocycles. The Kier molecular flexibility index (Phi) is 3.80. The molecule has 2 nitrogen and oxygen atoms in total. The maximum atomic E-state index is 5.83. The minimum atomic E-state index is 0.762. The van der Waals surface area contributed by atoms with Gasteiger partial charge in [0.15, 0.2) is 5.16 Å². The van der Waals surface area contributed by atoms with Gasteiger partial charge in [0.2, 0.25) is 0 Å². The summed E-state index contributed by atoms with van der Waals surface area (Å²) in [5.74, 6) is 0. The van der Waals surface area contributed by atoms with E-state index in [2.05, 4.69) is 9.97 Å². The van der Waals surface area contributed by atoms with Gasteiger partial charge in [0, 0.05) is 23.8 Å². The first-order valence-corrected chi connectivity index (χ1v) is 6.47. The molecule has 82 valence electrons. The SMILES string of the molecule is CSc1ncc(Cc2ccc(Cl)cc2)cn1. The summed E-state index contributed by atoms with van der Waals surface area (Å²) in [5, 5.41) is 1.57. The summed E-state index contributed by atoms with van der Waals surface area (Å²) in [6, 6.07) is 7.83. The highest BCUT2D eigenvalue weighted by Gasteiger charge is 1.98. The molecule has 0 saturated heterocycles. The lowest BCUT2D eigenvalue weighted by molar-refractivity contribution is 0.936. The Labute approximate surface area is 104 Å². The largest absolute Gasteiger partial charge is 0.231 e. The molecule has 0 spiro atoms. The van der Waals surface area contributed by atoms with Gasteiger partial charge >= 0.3 is 0 Å². The van der Waals surface area contributed by atoms with Crippen LogP contribution in [0.4, 0.5) is 0 Å². The minimum absolute atomic E-state index is 0.762. The maximum absolute atomic E-state index is 5.83. The van der Waals surface area contributed by atoms with Crippen LogP contribution < -0.4 is 0 Å². The average molecular weight is 251 g/mol. The lowest BCUT2D eigenvalue weighted by atomic mass is 10.1. The van der Waals surface area contributed by atoms with Crippen LogP contribution in [0, 0.1) is 0 Å². The molecule has 1 aromatic carbocycles. The smallest absolute Gasteiger partial charge is 0.187 e. The molecule has 0 unspecified atom stereocenters. The van der Waals surface area contributed by atoms with E-state index in [0.717, 1.165) is 22.2 Å². The highest BCUT2D eigenvalue weighted by Crippen LogP contribution is 2.14.